The Morgan fingerprint density at radius 3 is 2.75 bits per heavy atom. The van der Waals surface area contributed by atoms with Gasteiger partial charge in [0.1, 0.15) is 5.82 Å². The summed E-state index contributed by atoms with van der Waals surface area (Å²) in [6.07, 6.45) is 5.11. The molecule has 0 radical (unpaired) electrons. The summed E-state index contributed by atoms with van der Waals surface area (Å²) in [4.78, 5) is 14.6. The minimum absolute atomic E-state index is 0.00287. The lowest BCUT2D eigenvalue weighted by Gasteiger charge is -2.08. The van der Waals surface area contributed by atoms with Crippen LogP contribution in [-0.4, -0.2) is 36.6 Å². The summed E-state index contributed by atoms with van der Waals surface area (Å²) in [7, 11) is 0. The summed E-state index contributed by atoms with van der Waals surface area (Å²) < 4.78 is 1.99. The average Bonchev–Trinajstić information content (AvgIpc) is 2.81. The van der Waals surface area contributed by atoms with Gasteiger partial charge >= 0.3 is 5.97 Å². The van der Waals surface area contributed by atoms with Crippen molar-refractivity contribution in [2.75, 3.05) is 5.75 Å². The third-order valence-corrected chi connectivity index (χ3v) is 3.63. The molecule has 7 heteroatoms. The van der Waals surface area contributed by atoms with Crippen LogP contribution in [-0.2, 0) is 17.8 Å². The van der Waals surface area contributed by atoms with Crippen LogP contribution in [0.1, 0.15) is 24.7 Å². The van der Waals surface area contributed by atoms with Gasteiger partial charge in [-0.2, -0.15) is 0 Å². The summed E-state index contributed by atoms with van der Waals surface area (Å²) in [5.41, 5.74) is 1.11. The summed E-state index contributed by atoms with van der Waals surface area (Å²) >= 11 is 1.20. The van der Waals surface area contributed by atoms with Gasteiger partial charge in [0.2, 0.25) is 0 Å². The van der Waals surface area contributed by atoms with Gasteiger partial charge in [-0.15, -0.1) is 10.2 Å². The summed E-state index contributed by atoms with van der Waals surface area (Å²) in [6.45, 7) is 2.86. The standard InChI is InChI=1S/C13H16N4O2S/c1-2-7-17-11(8-10-3-5-14-6-4-10)15-16-13(17)20-9-12(18)19/h3-6H,2,7-9H2,1H3,(H,18,19). The molecular formula is C13H16N4O2S. The number of carbonyl (C=O) groups is 1. The maximum atomic E-state index is 10.7. The maximum Gasteiger partial charge on any atom is 0.313 e. The van der Waals surface area contributed by atoms with Crippen molar-refractivity contribution in [3.8, 4) is 0 Å². The number of pyridine rings is 1. The number of aromatic nitrogens is 4. The minimum Gasteiger partial charge on any atom is -0.481 e. The molecule has 2 rings (SSSR count). The molecule has 2 aromatic rings. The number of hydrogen-bond donors (Lipinski definition) is 1. The Morgan fingerprint density at radius 1 is 1.35 bits per heavy atom. The predicted octanol–water partition coefficient (Wildman–Crippen LogP) is 1.85. The highest BCUT2D eigenvalue weighted by Gasteiger charge is 2.13. The highest BCUT2D eigenvalue weighted by Crippen LogP contribution is 2.19. The minimum atomic E-state index is -0.850. The SMILES string of the molecule is CCCn1c(Cc2ccncc2)nnc1SCC(=O)O. The second-order valence-corrected chi connectivity index (χ2v) is 5.21. The number of aliphatic carboxylic acids is 1. The largest absolute Gasteiger partial charge is 0.481 e. The van der Waals surface area contributed by atoms with Gasteiger partial charge < -0.3 is 9.67 Å². The third kappa shape index (κ3) is 3.80. The lowest BCUT2D eigenvalue weighted by Crippen LogP contribution is -2.07. The Bertz CT molecular complexity index is 571. The summed E-state index contributed by atoms with van der Waals surface area (Å²) in [5.74, 6) is -0.000399. The second-order valence-electron chi connectivity index (χ2n) is 4.27. The molecule has 0 unspecified atom stereocenters. The molecule has 0 fully saturated rings. The van der Waals surface area contributed by atoms with Crippen LogP contribution in [0.3, 0.4) is 0 Å². The van der Waals surface area contributed by atoms with E-state index in [1.165, 1.54) is 11.8 Å². The molecule has 106 valence electrons. The molecule has 0 saturated heterocycles. The molecule has 0 aromatic carbocycles. The number of carboxylic acids is 1. The van der Waals surface area contributed by atoms with E-state index in [0.29, 0.717) is 11.6 Å². The van der Waals surface area contributed by atoms with E-state index in [1.807, 2.05) is 16.7 Å². The van der Waals surface area contributed by atoms with Crippen LogP contribution in [0.15, 0.2) is 29.7 Å². The van der Waals surface area contributed by atoms with Crippen LogP contribution < -0.4 is 0 Å². The van der Waals surface area contributed by atoms with Crippen molar-refractivity contribution in [1.29, 1.82) is 0 Å². The van der Waals surface area contributed by atoms with E-state index in [4.69, 9.17) is 5.11 Å². The molecule has 0 aliphatic heterocycles. The van der Waals surface area contributed by atoms with Crippen molar-refractivity contribution < 1.29 is 9.90 Å². The molecule has 2 heterocycles. The van der Waals surface area contributed by atoms with Crippen LogP contribution in [0.2, 0.25) is 0 Å². The van der Waals surface area contributed by atoms with Crippen molar-refractivity contribution in [2.24, 2.45) is 0 Å². The topological polar surface area (TPSA) is 80.9 Å². The van der Waals surface area contributed by atoms with Crippen molar-refractivity contribution >= 4 is 17.7 Å². The number of thioether (sulfide) groups is 1. The average molecular weight is 292 g/mol. The van der Waals surface area contributed by atoms with E-state index in [9.17, 15) is 4.79 Å². The lowest BCUT2D eigenvalue weighted by molar-refractivity contribution is -0.133. The molecule has 0 saturated carbocycles. The van der Waals surface area contributed by atoms with Crippen molar-refractivity contribution in [1.82, 2.24) is 19.7 Å². The zero-order chi connectivity index (χ0) is 14.4. The first-order valence-electron chi connectivity index (χ1n) is 6.36. The van der Waals surface area contributed by atoms with Crippen LogP contribution in [0.25, 0.3) is 0 Å². The monoisotopic (exact) mass is 292 g/mol. The molecule has 0 bridgehead atoms. The molecule has 0 atom stereocenters. The normalized spacial score (nSPS) is 10.7. The van der Waals surface area contributed by atoms with Gasteiger partial charge in [0, 0.05) is 25.4 Å². The smallest absolute Gasteiger partial charge is 0.313 e. The van der Waals surface area contributed by atoms with Gasteiger partial charge in [0.25, 0.3) is 0 Å². The summed E-state index contributed by atoms with van der Waals surface area (Å²) in [5, 5.41) is 17.7. The van der Waals surface area contributed by atoms with Crippen molar-refractivity contribution in [3.63, 3.8) is 0 Å². The fourth-order valence-corrected chi connectivity index (χ4v) is 2.52. The van der Waals surface area contributed by atoms with Crippen LogP contribution in [0.4, 0.5) is 0 Å². The Kier molecular flexibility index (Phi) is 5.11. The lowest BCUT2D eigenvalue weighted by atomic mass is 10.2. The zero-order valence-corrected chi connectivity index (χ0v) is 12.0. The first-order chi connectivity index (χ1) is 9.70. The van der Waals surface area contributed by atoms with Gasteiger partial charge in [-0.05, 0) is 24.1 Å². The Morgan fingerprint density at radius 2 is 2.10 bits per heavy atom. The Labute approximate surface area is 121 Å². The molecule has 0 spiro atoms. The van der Waals surface area contributed by atoms with E-state index in [2.05, 4.69) is 22.1 Å². The summed E-state index contributed by atoms with van der Waals surface area (Å²) in [6, 6.07) is 3.88. The molecular weight excluding hydrogens is 276 g/mol. The van der Waals surface area contributed by atoms with Gasteiger partial charge in [-0.1, -0.05) is 18.7 Å². The molecule has 6 nitrogen and oxygen atoms in total. The quantitative estimate of drug-likeness (QED) is 0.784. The van der Waals surface area contributed by atoms with E-state index in [-0.39, 0.29) is 5.75 Å². The number of carboxylic acid groups (broad SMARTS) is 1. The van der Waals surface area contributed by atoms with E-state index >= 15 is 0 Å². The van der Waals surface area contributed by atoms with Gasteiger partial charge in [-0.3, -0.25) is 9.78 Å². The van der Waals surface area contributed by atoms with Crippen LogP contribution >= 0.6 is 11.8 Å². The van der Waals surface area contributed by atoms with Crippen molar-refractivity contribution in [3.05, 3.63) is 35.9 Å². The van der Waals surface area contributed by atoms with Gasteiger partial charge in [-0.25, -0.2) is 0 Å². The molecule has 0 aliphatic carbocycles. The van der Waals surface area contributed by atoms with Crippen molar-refractivity contribution in [2.45, 2.75) is 31.5 Å². The van der Waals surface area contributed by atoms with Crippen LogP contribution in [0.5, 0.6) is 0 Å². The van der Waals surface area contributed by atoms with E-state index in [0.717, 1.165) is 24.4 Å². The predicted molar refractivity (Wildman–Crippen MR) is 75.7 cm³/mol. The zero-order valence-electron chi connectivity index (χ0n) is 11.2. The number of nitrogens with zero attached hydrogens (tertiary/aromatic N) is 4. The first kappa shape index (κ1) is 14.5. The highest BCUT2D eigenvalue weighted by molar-refractivity contribution is 7.99. The Hall–Kier alpha value is -1.89. The number of hydrogen-bond acceptors (Lipinski definition) is 5. The fraction of sp³-hybridized carbons (Fsp3) is 0.385. The molecule has 0 aliphatic rings. The van der Waals surface area contributed by atoms with Gasteiger partial charge in [0.15, 0.2) is 5.16 Å². The van der Waals surface area contributed by atoms with Crippen LogP contribution in [0, 0.1) is 0 Å². The maximum absolute atomic E-state index is 10.7. The molecule has 0 amide bonds. The fourth-order valence-electron chi connectivity index (χ4n) is 1.81. The van der Waals surface area contributed by atoms with Gasteiger partial charge in [0.05, 0.1) is 5.75 Å². The molecule has 1 N–H and O–H groups in total. The highest BCUT2D eigenvalue weighted by atomic mass is 32.2. The third-order valence-electron chi connectivity index (χ3n) is 2.68. The van der Waals surface area contributed by atoms with E-state index < -0.39 is 5.97 Å². The number of rotatable bonds is 7. The second kappa shape index (κ2) is 7.04. The molecule has 2 aromatic heterocycles. The van der Waals surface area contributed by atoms with E-state index in [1.54, 1.807) is 12.4 Å². The molecule has 20 heavy (non-hydrogen) atoms. The first-order valence-corrected chi connectivity index (χ1v) is 7.34. The Balaban J connectivity index is 2.17.